The number of nitrogens with zero attached hydrogens (tertiary/aromatic N) is 1. The Balaban J connectivity index is 1.61. The number of hydrogen-bond acceptors (Lipinski definition) is 2. The minimum absolute atomic E-state index is 0.300. The Morgan fingerprint density at radius 1 is 1.22 bits per heavy atom. The second-order valence-electron chi connectivity index (χ2n) is 6.73. The second kappa shape index (κ2) is 7.31. The van der Waals surface area contributed by atoms with Crippen molar-refractivity contribution in [2.45, 2.75) is 58.0 Å². The number of thiophene rings is 1. The molecular weight excluding hydrogens is 302 g/mol. The van der Waals surface area contributed by atoms with Gasteiger partial charge in [0.15, 0.2) is 0 Å². The van der Waals surface area contributed by atoms with E-state index in [1.807, 2.05) is 0 Å². The molecule has 0 unspecified atom stereocenters. The lowest BCUT2D eigenvalue weighted by Crippen LogP contribution is -2.32. The van der Waals surface area contributed by atoms with Crippen molar-refractivity contribution in [2.75, 3.05) is 0 Å². The molecule has 3 rings (SSSR count). The maximum absolute atomic E-state index is 12.6. The molecule has 0 spiro atoms. The van der Waals surface area contributed by atoms with Crippen molar-refractivity contribution >= 4 is 17.2 Å². The fraction of sp³-hybridized carbons (Fsp3) is 0.450. The normalized spacial score (nSPS) is 14.2. The predicted octanol–water partition coefficient (Wildman–Crippen LogP) is 5.00. The SMILES string of the molecule is CC(C)c1ccc(CN(C(=O)CCc2cccs2)C2CC2)cc1. The molecule has 0 bridgehead atoms. The van der Waals surface area contributed by atoms with Gasteiger partial charge in [-0.25, -0.2) is 0 Å². The first-order chi connectivity index (χ1) is 11.1. The van der Waals surface area contributed by atoms with E-state index in [4.69, 9.17) is 0 Å². The number of benzene rings is 1. The molecule has 1 aromatic carbocycles. The lowest BCUT2D eigenvalue weighted by atomic mass is 10.0. The molecule has 2 aromatic rings. The maximum Gasteiger partial charge on any atom is 0.223 e. The molecule has 122 valence electrons. The van der Waals surface area contributed by atoms with Crippen LogP contribution in [0.2, 0.25) is 0 Å². The highest BCUT2D eigenvalue weighted by Gasteiger charge is 2.32. The number of hydrogen-bond donors (Lipinski definition) is 0. The van der Waals surface area contributed by atoms with Gasteiger partial charge in [0.2, 0.25) is 5.91 Å². The van der Waals surface area contributed by atoms with E-state index in [0.717, 1.165) is 25.8 Å². The number of amides is 1. The Morgan fingerprint density at radius 2 is 1.96 bits per heavy atom. The number of aryl methyl sites for hydroxylation is 1. The van der Waals surface area contributed by atoms with Crippen LogP contribution in [0.15, 0.2) is 41.8 Å². The van der Waals surface area contributed by atoms with Crippen LogP contribution in [-0.4, -0.2) is 16.8 Å². The van der Waals surface area contributed by atoms with Crippen molar-refractivity contribution in [3.05, 3.63) is 57.8 Å². The van der Waals surface area contributed by atoms with E-state index in [2.05, 4.69) is 60.5 Å². The molecule has 2 nitrogen and oxygen atoms in total. The van der Waals surface area contributed by atoms with Crippen LogP contribution < -0.4 is 0 Å². The highest BCUT2D eigenvalue weighted by atomic mass is 32.1. The third kappa shape index (κ3) is 4.44. The van der Waals surface area contributed by atoms with Gasteiger partial charge in [-0.1, -0.05) is 44.2 Å². The second-order valence-corrected chi connectivity index (χ2v) is 7.76. The quantitative estimate of drug-likeness (QED) is 0.701. The highest BCUT2D eigenvalue weighted by molar-refractivity contribution is 7.09. The van der Waals surface area contributed by atoms with Gasteiger partial charge in [-0.15, -0.1) is 11.3 Å². The molecule has 1 aromatic heterocycles. The fourth-order valence-electron chi connectivity index (χ4n) is 2.84. The van der Waals surface area contributed by atoms with Gasteiger partial charge in [0.25, 0.3) is 0 Å². The van der Waals surface area contributed by atoms with Crippen molar-refractivity contribution in [3.63, 3.8) is 0 Å². The zero-order valence-corrected chi connectivity index (χ0v) is 14.8. The minimum Gasteiger partial charge on any atom is -0.335 e. The minimum atomic E-state index is 0.300. The Labute approximate surface area is 143 Å². The first-order valence-corrected chi connectivity index (χ1v) is 9.42. The zero-order valence-electron chi connectivity index (χ0n) is 14.0. The number of carbonyl (C=O) groups is 1. The van der Waals surface area contributed by atoms with Crippen LogP contribution in [0.1, 0.15) is 55.0 Å². The summed E-state index contributed by atoms with van der Waals surface area (Å²) in [6.45, 7) is 5.17. The topological polar surface area (TPSA) is 20.3 Å². The smallest absolute Gasteiger partial charge is 0.223 e. The first kappa shape index (κ1) is 16.3. The molecule has 0 atom stereocenters. The molecule has 1 saturated carbocycles. The summed E-state index contributed by atoms with van der Waals surface area (Å²) in [6, 6.07) is 13.4. The summed E-state index contributed by atoms with van der Waals surface area (Å²) in [5.74, 6) is 0.852. The molecule has 1 fully saturated rings. The van der Waals surface area contributed by atoms with Crippen molar-refractivity contribution in [3.8, 4) is 0 Å². The summed E-state index contributed by atoms with van der Waals surface area (Å²) in [5, 5.41) is 2.08. The lowest BCUT2D eigenvalue weighted by molar-refractivity contribution is -0.132. The largest absolute Gasteiger partial charge is 0.335 e. The van der Waals surface area contributed by atoms with E-state index < -0.39 is 0 Å². The summed E-state index contributed by atoms with van der Waals surface area (Å²) in [7, 11) is 0. The molecular formula is C20H25NOS. The molecule has 23 heavy (non-hydrogen) atoms. The zero-order chi connectivity index (χ0) is 16.2. The number of carbonyl (C=O) groups excluding carboxylic acids is 1. The number of rotatable bonds is 7. The molecule has 1 amide bonds. The summed E-state index contributed by atoms with van der Waals surface area (Å²) in [4.78, 5) is 16.0. The summed E-state index contributed by atoms with van der Waals surface area (Å²) >= 11 is 1.74. The Bertz CT molecular complexity index is 626. The van der Waals surface area contributed by atoms with E-state index in [9.17, 15) is 4.79 Å². The third-order valence-corrected chi connectivity index (χ3v) is 5.41. The van der Waals surface area contributed by atoms with Crippen molar-refractivity contribution in [2.24, 2.45) is 0 Å². The van der Waals surface area contributed by atoms with E-state index in [-0.39, 0.29) is 0 Å². The average molecular weight is 327 g/mol. The average Bonchev–Trinajstić information content (AvgIpc) is 3.26. The van der Waals surface area contributed by atoms with Gasteiger partial charge in [-0.2, -0.15) is 0 Å². The maximum atomic E-state index is 12.6. The molecule has 0 aliphatic heterocycles. The predicted molar refractivity (Wildman–Crippen MR) is 96.7 cm³/mol. The molecule has 0 N–H and O–H groups in total. The van der Waals surface area contributed by atoms with E-state index in [1.165, 1.54) is 16.0 Å². The van der Waals surface area contributed by atoms with Crippen LogP contribution in [-0.2, 0) is 17.8 Å². The lowest BCUT2D eigenvalue weighted by Gasteiger charge is -2.23. The molecule has 1 heterocycles. The van der Waals surface area contributed by atoms with E-state index in [0.29, 0.717) is 24.3 Å². The van der Waals surface area contributed by atoms with Crippen LogP contribution in [0, 0.1) is 0 Å². The van der Waals surface area contributed by atoms with E-state index >= 15 is 0 Å². The standard InChI is InChI=1S/C20H25NOS/c1-15(2)17-7-5-16(6-8-17)14-21(18-9-10-18)20(22)12-11-19-4-3-13-23-19/h3-8,13,15,18H,9-12,14H2,1-2H3. The van der Waals surface area contributed by atoms with Gasteiger partial charge in [0.1, 0.15) is 0 Å². The van der Waals surface area contributed by atoms with Gasteiger partial charge < -0.3 is 4.90 Å². The van der Waals surface area contributed by atoms with Gasteiger partial charge in [0.05, 0.1) is 0 Å². The van der Waals surface area contributed by atoms with Crippen LogP contribution in [0.5, 0.6) is 0 Å². The van der Waals surface area contributed by atoms with Gasteiger partial charge in [-0.3, -0.25) is 4.79 Å². The Hall–Kier alpha value is -1.61. The van der Waals surface area contributed by atoms with Gasteiger partial charge in [-0.05, 0) is 47.8 Å². The van der Waals surface area contributed by atoms with Crippen molar-refractivity contribution < 1.29 is 4.79 Å². The first-order valence-electron chi connectivity index (χ1n) is 8.54. The van der Waals surface area contributed by atoms with Crippen LogP contribution in [0.25, 0.3) is 0 Å². The van der Waals surface area contributed by atoms with Crippen LogP contribution in [0.3, 0.4) is 0 Å². The monoisotopic (exact) mass is 327 g/mol. The third-order valence-electron chi connectivity index (χ3n) is 4.47. The van der Waals surface area contributed by atoms with E-state index in [1.54, 1.807) is 11.3 Å². The van der Waals surface area contributed by atoms with Crippen molar-refractivity contribution in [1.29, 1.82) is 0 Å². The summed E-state index contributed by atoms with van der Waals surface area (Å²) in [5.41, 5.74) is 2.60. The summed E-state index contributed by atoms with van der Waals surface area (Å²) < 4.78 is 0. The van der Waals surface area contributed by atoms with Gasteiger partial charge >= 0.3 is 0 Å². The van der Waals surface area contributed by atoms with Gasteiger partial charge in [0, 0.05) is 23.9 Å². The Morgan fingerprint density at radius 3 is 2.52 bits per heavy atom. The van der Waals surface area contributed by atoms with Crippen LogP contribution >= 0.6 is 11.3 Å². The fourth-order valence-corrected chi connectivity index (χ4v) is 3.55. The molecule has 3 heteroatoms. The highest BCUT2D eigenvalue weighted by Crippen LogP contribution is 2.29. The molecule has 1 aliphatic carbocycles. The van der Waals surface area contributed by atoms with Crippen LogP contribution in [0.4, 0.5) is 0 Å². The summed E-state index contributed by atoms with van der Waals surface area (Å²) in [6.07, 6.45) is 3.82. The molecule has 1 aliphatic rings. The Kier molecular flexibility index (Phi) is 5.16. The molecule has 0 saturated heterocycles. The van der Waals surface area contributed by atoms with Crippen molar-refractivity contribution in [1.82, 2.24) is 4.90 Å². The molecule has 0 radical (unpaired) electrons.